The van der Waals surface area contributed by atoms with Crippen LogP contribution < -0.4 is 4.74 Å². The first-order chi connectivity index (χ1) is 9.11. The molecule has 0 amide bonds. The van der Waals surface area contributed by atoms with Crippen LogP contribution in [0, 0.1) is 0 Å². The number of halogens is 2. The van der Waals surface area contributed by atoms with Crippen LogP contribution in [0.15, 0.2) is 41.1 Å². The highest BCUT2D eigenvalue weighted by atomic mass is 79.9. The minimum atomic E-state index is -0.0288. The third-order valence-electron chi connectivity index (χ3n) is 2.68. The summed E-state index contributed by atoms with van der Waals surface area (Å²) in [6, 6.07) is 7.04. The standard InChI is InChI=1S/C14H11BrClNO2/c1-19-10-2-3-12(15)11(7-10)14(18)6-9-4-5-17-8-13(9)16/h2-5,7-8H,6H2,1H3. The number of methoxy groups -OCH3 is 1. The third-order valence-corrected chi connectivity index (χ3v) is 3.71. The van der Waals surface area contributed by atoms with Crippen molar-refractivity contribution in [2.24, 2.45) is 0 Å². The predicted octanol–water partition coefficient (Wildman–Crippen LogP) is 3.93. The Morgan fingerprint density at radius 1 is 1.42 bits per heavy atom. The molecule has 0 saturated carbocycles. The normalized spacial score (nSPS) is 10.3. The Hall–Kier alpha value is -1.39. The number of pyridine rings is 1. The minimum absolute atomic E-state index is 0.0288. The summed E-state index contributed by atoms with van der Waals surface area (Å²) in [6.45, 7) is 0. The van der Waals surface area contributed by atoms with Crippen LogP contribution in [0.4, 0.5) is 0 Å². The lowest BCUT2D eigenvalue weighted by Gasteiger charge is -2.07. The Morgan fingerprint density at radius 2 is 2.21 bits per heavy atom. The lowest BCUT2D eigenvalue weighted by molar-refractivity contribution is 0.0992. The molecule has 0 aliphatic carbocycles. The monoisotopic (exact) mass is 339 g/mol. The topological polar surface area (TPSA) is 39.2 Å². The molecule has 98 valence electrons. The molecule has 0 saturated heterocycles. The van der Waals surface area contributed by atoms with Gasteiger partial charge in [-0.2, -0.15) is 0 Å². The van der Waals surface area contributed by atoms with Gasteiger partial charge in [-0.1, -0.05) is 27.5 Å². The third kappa shape index (κ3) is 3.33. The van der Waals surface area contributed by atoms with Gasteiger partial charge in [0.05, 0.1) is 12.1 Å². The summed E-state index contributed by atoms with van der Waals surface area (Å²) in [5.74, 6) is 0.617. The van der Waals surface area contributed by atoms with E-state index in [0.717, 1.165) is 10.0 Å². The molecule has 3 nitrogen and oxygen atoms in total. The summed E-state index contributed by atoms with van der Waals surface area (Å²) >= 11 is 9.37. The Labute approximate surface area is 124 Å². The van der Waals surface area contributed by atoms with E-state index in [9.17, 15) is 4.79 Å². The lowest BCUT2D eigenvalue weighted by Crippen LogP contribution is -2.05. The van der Waals surface area contributed by atoms with Crippen molar-refractivity contribution in [2.75, 3.05) is 7.11 Å². The number of carbonyl (C=O) groups excluding carboxylic acids is 1. The fraction of sp³-hybridized carbons (Fsp3) is 0.143. The molecule has 1 aromatic carbocycles. The second-order valence-electron chi connectivity index (χ2n) is 3.91. The van der Waals surface area contributed by atoms with Gasteiger partial charge >= 0.3 is 0 Å². The van der Waals surface area contributed by atoms with Crippen molar-refractivity contribution in [3.05, 3.63) is 57.3 Å². The molecule has 0 bridgehead atoms. The predicted molar refractivity (Wildman–Crippen MR) is 78.0 cm³/mol. The first-order valence-electron chi connectivity index (χ1n) is 5.57. The SMILES string of the molecule is COc1ccc(Br)c(C(=O)Cc2ccncc2Cl)c1. The van der Waals surface area contributed by atoms with Crippen molar-refractivity contribution in [1.82, 2.24) is 4.98 Å². The van der Waals surface area contributed by atoms with Gasteiger partial charge in [0.15, 0.2) is 5.78 Å². The molecule has 0 aliphatic rings. The van der Waals surface area contributed by atoms with E-state index in [-0.39, 0.29) is 12.2 Å². The van der Waals surface area contributed by atoms with Crippen LogP contribution in [0.3, 0.4) is 0 Å². The van der Waals surface area contributed by atoms with E-state index < -0.39 is 0 Å². The van der Waals surface area contributed by atoms with E-state index in [1.54, 1.807) is 37.6 Å². The van der Waals surface area contributed by atoms with Crippen molar-refractivity contribution in [1.29, 1.82) is 0 Å². The van der Waals surface area contributed by atoms with Gasteiger partial charge in [0.25, 0.3) is 0 Å². The van der Waals surface area contributed by atoms with Crippen molar-refractivity contribution >= 4 is 33.3 Å². The van der Waals surface area contributed by atoms with Crippen molar-refractivity contribution in [3.8, 4) is 5.75 Å². The average molecular weight is 341 g/mol. The molecular formula is C14H11BrClNO2. The minimum Gasteiger partial charge on any atom is -0.497 e. The van der Waals surface area contributed by atoms with E-state index in [0.29, 0.717) is 16.3 Å². The molecule has 2 rings (SSSR count). The number of rotatable bonds is 4. The smallest absolute Gasteiger partial charge is 0.168 e. The van der Waals surface area contributed by atoms with Crippen LogP contribution in [0.1, 0.15) is 15.9 Å². The fourth-order valence-corrected chi connectivity index (χ4v) is 2.31. The Balaban J connectivity index is 2.28. The van der Waals surface area contributed by atoms with Crippen LogP contribution in [-0.2, 0) is 6.42 Å². The average Bonchev–Trinajstić information content (AvgIpc) is 2.42. The fourth-order valence-electron chi connectivity index (χ4n) is 1.66. The number of carbonyl (C=O) groups is 1. The maximum atomic E-state index is 12.3. The molecule has 0 unspecified atom stereocenters. The molecule has 0 N–H and O–H groups in total. The first kappa shape index (κ1) is 14.0. The number of aromatic nitrogens is 1. The molecule has 0 atom stereocenters. The van der Waals surface area contributed by atoms with Crippen molar-refractivity contribution in [2.45, 2.75) is 6.42 Å². The Kier molecular flexibility index (Phi) is 4.56. The number of ether oxygens (including phenoxy) is 1. The Morgan fingerprint density at radius 3 is 2.89 bits per heavy atom. The zero-order valence-electron chi connectivity index (χ0n) is 10.2. The van der Waals surface area contributed by atoms with Crippen LogP contribution in [-0.4, -0.2) is 17.9 Å². The summed E-state index contributed by atoms with van der Waals surface area (Å²) in [7, 11) is 1.57. The zero-order chi connectivity index (χ0) is 13.8. The number of nitrogens with zero attached hydrogens (tertiary/aromatic N) is 1. The molecule has 2 aromatic rings. The van der Waals surface area contributed by atoms with Crippen molar-refractivity contribution in [3.63, 3.8) is 0 Å². The van der Waals surface area contributed by atoms with E-state index in [4.69, 9.17) is 16.3 Å². The Bertz CT molecular complexity index is 616. The lowest BCUT2D eigenvalue weighted by atomic mass is 10.0. The van der Waals surface area contributed by atoms with Crippen LogP contribution in [0.2, 0.25) is 5.02 Å². The molecule has 1 heterocycles. The molecule has 0 spiro atoms. The summed E-state index contributed by atoms with van der Waals surface area (Å²) < 4.78 is 5.86. The quantitative estimate of drug-likeness (QED) is 0.792. The van der Waals surface area contributed by atoms with Gasteiger partial charge in [0.1, 0.15) is 5.75 Å². The number of benzene rings is 1. The number of ketones is 1. The highest BCUT2D eigenvalue weighted by Crippen LogP contribution is 2.25. The zero-order valence-corrected chi connectivity index (χ0v) is 12.5. The molecule has 5 heteroatoms. The van der Waals surface area contributed by atoms with Gasteiger partial charge in [-0.05, 0) is 29.8 Å². The second kappa shape index (κ2) is 6.17. The summed E-state index contributed by atoms with van der Waals surface area (Å²) in [5, 5.41) is 0.495. The molecular weight excluding hydrogens is 330 g/mol. The first-order valence-corrected chi connectivity index (χ1v) is 6.74. The summed E-state index contributed by atoms with van der Waals surface area (Å²) in [6.07, 6.45) is 3.38. The van der Waals surface area contributed by atoms with Gasteiger partial charge in [-0.15, -0.1) is 0 Å². The van der Waals surface area contributed by atoms with Gasteiger partial charge < -0.3 is 4.74 Å². The number of hydrogen-bond acceptors (Lipinski definition) is 3. The van der Waals surface area contributed by atoms with E-state index in [1.165, 1.54) is 6.20 Å². The number of Topliss-reactive ketones (excluding diaryl/α,β-unsaturated/α-hetero) is 1. The van der Waals surface area contributed by atoms with Crippen LogP contribution >= 0.6 is 27.5 Å². The summed E-state index contributed by atoms with van der Waals surface area (Å²) in [4.78, 5) is 16.2. The van der Waals surface area contributed by atoms with Gasteiger partial charge in [-0.25, -0.2) is 0 Å². The van der Waals surface area contributed by atoms with Gasteiger partial charge in [0.2, 0.25) is 0 Å². The summed E-state index contributed by atoms with van der Waals surface area (Å²) in [5.41, 5.74) is 1.34. The molecule has 0 radical (unpaired) electrons. The number of hydrogen-bond donors (Lipinski definition) is 0. The van der Waals surface area contributed by atoms with E-state index >= 15 is 0 Å². The molecule has 1 aromatic heterocycles. The van der Waals surface area contributed by atoms with Crippen LogP contribution in [0.5, 0.6) is 5.75 Å². The highest BCUT2D eigenvalue weighted by Gasteiger charge is 2.13. The molecule has 0 fully saturated rings. The highest BCUT2D eigenvalue weighted by molar-refractivity contribution is 9.10. The molecule has 19 heavy (non-hydrogen) atoms. The second-order valence-corrected chi connectivity index (χ2v) is 5.17. The van der Waals surface area contributed by atoms with E-state index in [1.807, 2.05) is 0 Å². The largest absolute Gasteiger partial charge is 0.497 e. The van der Waals surface area contributed by atoms with Gasteiger partial charge in [-0.3, -0.25) is 9.78 Å². The molecule has 0 aliphatic heterocycles. The van der Waals surface area contributed by atoms with E-state index in [2.05, 4.69) is 20.9 Å². The maximum Gasteiger partial charge on any atom is 0.168 e. The van der Waals surface area contributed by atoms with Crippen LogP contribution in [0.25, 0.3) is 0 Å². The van der Waals surface area contributed by atoms with Crippen molar-refractivity contribution < 1.29 is 9.53 Å². The maximum absolute atomic E-state index is 12.3. The van der Waals surface area contributed by atoms with Gasteiger partial charge in [0, 0.05) is 28.9 Å².